The maximum atomic E-state index is 8.93. The quantitative estimate of drug-likeness (QED) is 0.773. The van der Waals surface area contributed by atoms with Gasteiger partial charge in [-0.1, -0.05) is 12.1 Å². The number of likely N-dealkylation sites (tertiary alicyclic amines) is 1. The number of hydrogen-bond acceptors (Lipinski definition) is 7. The zero-order valence-electron chi connectivity index (χ0n) is 17.0. The second kappa shape index (κ2) is 9.21. The number of rotatable bonds is 5. The molecule has 1 aromatic heterocycles. The van der Waals surface area contributed by atoms with Gasteiger partial charge in [0, 0.05) is 52.0 Å². The molecule has 152 valence electrons. The zero-order valence-corrected chi connectivity index (χ0v) is 17.0. The second-order valence-electron chi connectivity index (χ2n) is 7.74. The van der Waals surface area contributed by atoms with Crippen LogP contribution in [0.25, 0.3) is 0 Å². The molecule has 0 aliphatic carbocycles. The van der Waals surface area contributed by atoms with Gasteiger partial charge in [0.05, 0.1) is 24.8 Å². The molecule has 0 amide bonds. The normalized spacial score (nSPS) is 18.4. The van der Waals surface area contributed by atoms with Crippen LogP contribution in [0.2, 0.25) is 0 Å². The predicted octanol–water partition coefficient (Wildman–Crippen LogP) is 2.29. The largest absolute Gasteiger partial charge is 0.378 e. The van der Waals surface area contributed by atoms with Gasteiger partial charge in [-0.25, -0.2) is 4.98 Å². The van der Waals surface area contributed by atoms with Gasteiger partial charge in [0.25, 0.3) is 0 Å². The molecule has 0 N–H and O–H groups in total. The van der Waals surface area contributed by atoms with Crippen molar-refractivity contribution in [2.24, 2.45) is 0 Å². The number of ether oxygens (including phenoxy) is 1. The van der Waals surface area contributed by atoms with Crippen LogP contribution in [-0.4, -0.2) is 67.4 Å². The number of nitrogens with zero attached hydrogens (tertiary/aromatic N) is 6. The minimum absolute atomic E-state index is 0.486. The van der Waals surface area contributed by atoms with E-state index in [4.69, 9.17) is 15.0 Å². The lowest BCUT2D eigenvalue weighted by Crippen LogP contribution is -2.43. The van der Waals surface area contributed by atoms with Crippen LogP contribution >= 0.6 is 0 Å². The molecular weight excluding hydrogens is 364 g/mol. The molecule has 0 atom stereocenters. The highest BCUT2D eigenvalue weighted by Crippen LogP contribution is 2.23. The van der Waals surface area contributed by atoms with E-state index in [1.54, 1.807) is 0 Å². The standard InChI is InChI=1S/C22H28N6O/c1-26(21-6-9-24-22(25-21)28-12-14-29-15-13-28)20-7-10-27(11-8-20)17-19-4-2-18(16-23)3-5-19/h2-6,9,20H,7-8,10-15,17H2,1H3. The Morgan fingerprint density at radius 1 is 1.10 bits per heavy atom. The Morgan fingerprint density at radius 3 is 2.52 bits per heavy atom. The average Bonchev–Trinajstić information content (AvgIpc) is 2.80. The first kappa shape index (κ1) is 19.6. The first-order valence-corrected chi connectivity index (χ1v) is 10.3. The van der Waals surface area contributed by atoms with E-state index in [-0.39, 0.29) is 0 Å². The second-order valence-corrected chi connectivity index (χ2v) is 7.74. The van der Waals surface area contributed by atoms with Gasteiger partial charge in [0.1, 0.15) is 5.82 Å². The van der Waals surface area contributed by atoms with Gasteiger partial charge in [-0.15, -0.1) is 0 Å². The predicted molar refractivity (Wildman–Crippen MR) is 113 cm³/mol. The summed E-state index contributed by atoms with van der Waals surface area (Å²) in [6, 6.07) is 12.6. The van der Waals surface area contributed by atoms with Crippen molar-refractivity contribution < 1.29 is 4.74 Å². The highest BCUT2D eigenvalue weighted by atomic mass is 16.5. The minimum atomic E-state index is 0.486. The highest BCUT2D eigenvalue weighted by molar-refractivity contribution is 5.44. The molecule has 1 aromatic carbocycles. The maximum Gasteiger partial charge on any atom is 0.227 e. The summed E-state index contributed by atoms with van der Waals surface area (Å²) >= 11 is 0. The smallest absolute Gasteiger partial charge is 0.227 e. The lowest BCUT2D eigenvalue weighted by Gasteiger charge is -2.37. The van der Waals surface area contributed by atoms with E-state index in [0.717, 1.165) is 76.1 Å². The Kier molecular flexibility index (Phi) is 6.23. The number of morpholine rings is 1. The van der Waals surface area contributed by atoms with E-state index >= 15 is 0 Å². The molecule has 0 spiro atoms. The maximum absolute atomic E-state index is 8.93. The molecule has 7 heteroatoms. The number of piperidine rings is 1. The van der Waals surface area contributed by atoms with Gasteiger partial charge >= 0.3 is 0 Å². The third-order valence-corrected chi connectivity index (χ3v) is 5.88. The summed E-state index contributed by atoms with van der Waals surface area (Å²) in [7, 11) is 2.15. The number of anilines is 2. The van der Waals surface area contributed by atoms with Crippen LogP contribution in [0.15, 0.2) is 36.5 Å². The Bertz CT molecular complexity index is 835. The fourth-order valence-corrected chi connectivity index (χ4v) is 4.05. The topological polar surface area (TPSA) is 68.5 Å². The summed E-state index contributed by atoms with van der Waals surface area (Å²) in [5.74, 6) is 1.79. The minimum Gasteiger partial charge on any atom is -0.378 e. The lowest BCUT2D eigenvalue weighted by atomic mass is 10.0. The van der Waals surface area contributed by atoms with Crippen molar-refractivity contribution in [3.05, 3.63) is 47.7 Å². The van der Waals surface area contributed by atoms with Crippen molar-refractivity contribution in [2.45, 2.75) is 25.4 Å². The highest BCUT2D eigenvalue weighted by Gasteiger charge is 2.24. The van der Waals surface area contributed by atoms with E-state index in [1.165, 1.54) is 5.56 Å². The number of aromatic nitrogens is 2. The number of benzene rings is 1. The number of nitriles is 1. The molecule has 0 saturated carbocycles. The Hall–Kier alpha value is -2.69. The fourth-order valence-electron chi connectivity index (χ4n) is 4.05. The van der Waals surface area contributed by atoms with E-state index in [0.29, 0.717) is 6.04 Å². The molecule has 0 bridgehead atoms. The molecule has 2 aromatic rings. The fraction of sp³-hybridized carbons (Fsp3) is 0.500. The summed E-state index contributed by atoms with van der Waals surface area (Å²) in [4.78, 5) is 16.3. The van der Waals surface area contributed by atoms with Crippen LogP contribution < -0.4 is 9.80 Å². The summed E-state index contributed by atoms with van der Waals surface area (Å²) in [6.07, 6.45) is 4.09. The molecule has 7 nitrogen and oxygen atoms in total. The van der Waals surface area contributed by atoms with Crippen molar-refractivity contribution in [2.75, 3.05) is 56.2 Å². The van der Waals surface area contributed by atoms with Crippen molar-refractivity contribution in [3.63, 3.8) is 0 Å². The van der Waals surface area contributed by atoms with Crippen LogP contribution in [0.3, 0.4) is 0 Å². The lowest BCUT2D eigenvalue weighted by molar-refractivity contribution is 0.122. The van der Waals surface area contributed by atoms with Crippen molar-refractivity contribution in [1.82, 2.24) is 14.9 Å². The monoisotopic (exact) mass is 392 g/mol. The summed E-state index contributed by atoms with van der Waals surface area (Å²) in [5, 5.41) is 8.93. The van der Waals surface area contributed by atoms with E-state index in [9.17, 15) is 0 Å². The van der Waals surface area contributed by atoms with Gasteiger partial charge in [0.15, 0.2) is 0 Å². The average molecular weight is 393 g/mol. The van der Waals surface area contributed by atoms with E-state index < -0.39 is 0 Å². The third-order valence-electron chi connectivity index (χ3n) is 5.88. The van der Waals surface area contributed by atoms with E-state index in [1.807, 2.05) is 24.4 Å². The molecule has 29 heavy (non-hydrogen) atoms. The SMILES string of the molecule is CN(c1ccnc(N2CCOCC2)n1)C1CCN(Cc2ccc(C#N)cc2)CC1. The molecule has 0 radical (unpaired) electrons. The van der Waals surface area contributed by atoms with Gasteiger partial charge in [-0.2, -0.15) is 10.2 Å². The Labute approximate surface area is 172 Å². The molecule has 0 unspecified atom stereocenters. The van der Waals surface area contributed by atoms with E-state index in [2.05, 4.69) is 44.9 Å². The van der Waals surface area contributed by atoms with Crippen molar-refractivity contribution >= 4 is 11.8 Å². The molecule has 4 rings (SSSR count). The Balaban J connectivity index is 1.32. The summed E-state index contributed by atoms with van der Waals surface area (Å²) in [5.41, 5.74) is 1.98. The summed E-state index contributed by atoms with van der Waals surface area (Å²) in [6.45, 7) is 6.24. The number of hydrogen-bond donors (Lipinski definition) is 0. The van der Waals surface area contributed by atoms with Crippen LogP contribution in [-0.2, 0) is 11.3 Å². The first-order valence-electron chi connectivity index (χ1n) is 10.3. The molecular formula is C22H28N6O. The van der Waals surface area contributed by atoms with Crippen LogP contribution in [0.5, 0.6) is 0 Å². The van der Waals surface area contributed by atoms with Gasteiger partial charge in [-0.3, -0.25) is 4.90 Å². The van der Waals surface area contributed by atoms with Crippen molar-refractivity contribution in [3.8, 4) is 6.07 Å². The molecule has 2 aliphatic heterocycles. The molecule has 3 heterocycles. The van der Waals surface area contributed by atoms with Gasteiger partial charge in [-0.05, 0) is 36.6 Å². The third kappa shape index (κ3) is 4.84. The van der Waals surface area contributed by atoms with Crippen LogP contribution in [0.4, 0.5) is 11.8 Å². The molecule has 2 fully saturated rings. The van der Waals surface area contributed by atoms with Crippen LogP contribution in [0, 0.1) is 11.3 Å². The Morgan fingerprint density at radius 2 is 1.83 bits per heavy atom. The molecule has 2 aliphatic rings. The first-order chi connectivity index (χ1) is 14.2. The van der Waals surface area contributed by atoms with Gasteiger partial charge in [0.2, 0.25) is 5.95 Å². The molecule has 2 saturated heterocycles. The van der Waals surface area contributed by atoms with Crippen LogP contribution in [0.1, 0.15) is 24.0 Å². The summed E-state index contributed by atoms with van der Waals surface area (Å²) < 4.78 is 5.43. The zero-order chi connectivity index (χ0) is 20.1. The van der Waals surface area contributed by atoms with Crippen molar-refractivity contribution in [1.29, 1.82) is 5.26 Å². The van der Waals surface area contributed by atoms with Gasteiger partial charge < -0.3 is 14.5 Å².